The molecule has 0 spiro atoms. The third-order valence-electron chi connectivity index (χ3n) is 2.96. The highest BCUT2D eigenvalue weighted by Crippen LogP contribution is 2.33. The van der Waals surface area contributed by atoms with Crippen LogP contribution in [0.1, 0.15) is 36.7 Å². The molecule has 0 N–H and O–H groups in total. The monoisotopic (exact) mass is 270 g/mol. The summed E-state index contributed by atoms with van der Waals surface area (Å²) in [4.78, 5) is 11.6. The van der Waals surface area contributed by atoms with Crippen LogP contribution in [0.25, 0.3) is 11.1 Å². The molecule has 106 valence electrons. The zero-order chi connectivity index (χ0) is 15.1. The molecule has 0 unspecified atom stereocenters. The van der Waals surface area contributed by atoms with E-state index >= 15 is 0 Å². The lowest BCUT2D eigenvalue weighted by atomic mass is 9.99. The second-order valence-electron chi connectivity index (χ2n) is 4.31. The molecular formula is C18H22O2. The molecule has 2 heteroatoms. The topological polar surface area (TPSA) is 26.3 Å². The number of carbonyl (C=O) groups is 1. The first-order valence-corrected chi connectivity index (χ1v) is 6.88. The summed E-state index contributed by atoms with van der Waals surface area (Å²) < 4.78 is 5.40. The average molecular weight is 270 g/mol. The number of hydrogen-bond acceptors (Lipinski definition) is 2. The third kappa shape index (κ3) is 3.47. The van der Waals surface area contributed by atoms with Crippen LogP contribution < -0.4 is 4.74 Å². The zero-order valence-electron chi connectivity index (χ0n) is 12.9. The van der Waals surface area contributed by atoms with Gasteiger partial charge in [-0.05, 0) is 25.5 Å². The molecule has 0 radical (unpaired) electrons. The Hall–Kier alpha value is -2.09. The molecule has 0 amide bonds. The van der Waals surface area contributed by atoms with Gasteiger partial charge in [-0.2, -0.15) is 0 Å². The Morgan fingerprint density at radius 1 is 1.00 bits per heavy atom. The highest BCUT2D eigenvalue weighted by molar-refractivity contribution is 5.99. The Morgan fingerprint density at radius 2 is 1.60 bits per heavy atom. The van der Waals surface area contributed by atoms with Crippen LogP contribution in [0, 0.1) is 6.92 Å². The molecule has 0 atom stereocenters. The van der Waals surface area contributed by atoms with E-state index in [0.29, 0.717) is 11.3 Å². The SMILES string of the molecule is CC.COc1c(C(C)=O)cccc1-c1ccc(C)cc1. The smallest absolute Gasteiger partial charge is 0.163 e. The number of carbonyl (C=O) groups excluding carboxylic acids is 1. The molecule has 2 rings (SSSR count). The minimum absolute atomic E-state index is 0.0146. The maximum Gasteiger partial charge on any atom is 0.163 e. The lowest BCUT2D eigenvalue weighted by Crippen LogP contribution is -1.99. The molecule has 2 nitrogen and oxygen atoms in total. The second-order valence-corrected chi connectivity index (χ2v) is 4.31. The molecule has 0 fully saturated rings. The van der Waals surface area contributed by atoms with Crippen LogP contribution in [0.2, 0.25) is 0 Å². The van der Waals surface area contributed by atoms with Crippen molar-refractivity contribution in [3.05, 3.63) is 53.6 Å². The molecule has 0 heterocycles. The molecule has 0 bridgehead atoms. The number of ketones is 1. The standard InChI is InChI=1S/C16H16O2.C2H6/c1-11-7-9-13(10-8-11)15-6-4-5-14(12(2)17)16(15)18-3;1-2/h4-10H,1-3H3;1-2H3. The van der Waals surface area contributed by atoms with Crippen LogP contribution >= 0.6 is 0 Å². The van der Waals surface area contributed by atoms with E-state index in [1.165, 1.54) is 5.56 Å². The van der Waals surface area contributed by atoms with Crippen LogP contribution in [0.15, 0.2) is 42.5 Å². The Labute approximate surface area is 121 Å². The summed E-state index contributed by atoms with van der Waals surface area (Å²) in [5, 5.41) is 0. The van der Waals surface area contributed by atoms with Gasteiger partial charge in [0.15, 0.2) is 5.78 Å². The van der Waals surface area contributed by atoms with E-state index in [0.717, 1.165) is 11.1 Å². The Morgan fingerprint density at radius 3 is 2.10 bits per heavy atom. The Balaban J connectivity index is 0.000000956. The van der Waals surface area contributed by atoms with E-state index in [-0.39, 0.29) is 5.78 Å². The maximum absolute atomic E-state index is 11.6. The maximum atomic E-state index is 11.6. The predicted molar refractivity (Wildman–Crippen MR) is 84.5 cm³/mol. The molecule has 0 aliphatic rings. The fraction of sp³-hybridized carbons (Fsp3) is 0.278. The van der Waals surface area contributed by atoms with Crippen molar-refractivity contribution in [3.63, 3.8) is 0 Å². The lowest BCUT2D eigenvalue weighted by Gasteiger charge is -2.12. The van der Waals surface area contributed by atoms with Crippen molar-refractivity contribution in [1.82, 2.24) is 0 Å². The van der Waals surface area contributed by atoms with Crippen LogP contribution in [-0.4, -0.2) is 12.9 Å². The van der Waals surface area contributed by atoms with Gasteiger partial charge in [0.25, 0.3) is 0 Å². The van der Waals surface area contributed by atoms with Gasteiger partial charge in [-0.3, -0.25) is 4.79 Å². The Bertz CT molecular complexity index is 568. The number of ether oxygens (including phenoxy) is 1. The van der Waals surface area contributed by atoms with Crippen LogP contribution in [0.5, 0.6) is 5.75 Å². The molecule has 0 aliphatic heterocycles. The highest BCUT2D eigenvalue weighted by atomic mass is 16.5. The summed E-state index contributed by atoms with van der Waals surface area (Å²) in [6.45, 7) is 7.60. The van der Waals surface area contributed by atoms with Gasteiger partial charge < -0.3 is 4.74 Å². The van der Waals surface area contributed by atoms with E-state index in [1.54, 1.807) is 20.1 Å². The number of para-hydroxylation sites is 1. The van der Waals surface area contributed by atoms with Crippen molar-refractivity contribution in [2.75, 3.05) is 7.11 Å². The van der Waals surface area contributed by atoms with Gasteiger partial charge in [0.2, 0.25) is 0 Å². The molecule has 0 saturated heterocycles. The largest absolute Gasteiger partial charge is 0.495 e. The van der Waals surface area contributed by atoms with E-state index in [1.807, 2.05) is 45.0 Å². The summed E-state index contributed by atoms with van der Waals surface area (Å²) in [6, 6.07) is 13.8. The first-order valence-electron chi connectivity index (χ1n) is 6.88. The van der Waals surface area contributed by atoms with Crippen molar-refractivity contribution in [2.24, 2.45) is 0 Å². The van der Waals surface area contributed by atoms with Crippen molar-refractivity contribution in [2.45, 2.75) is 27.7 Å². The van der Waals surface area contributed by atoms with Crippen LogP contribution in [0.3, 0.4) is 0 Å². The van der Waals surface area contributed by atoms with Gasteiger partial charge >= 0.3 is 0 Å². The minimum Gasteiger partial charge on any atom is -0.495 e. The normalized spacial score (nSPS) is 9.45. The predicted octanol–water partition coefficient (Wildman–Crippen LogP) is 4.90. The second kappa shape index (κ2) is 7.49. The summed E-state index contributed by atoms with van der Waals surface area (Å²) in [7, 11) is 1.60. The molecular weight excluding hydrogens is 248 g/mol. The number of rotatable bonds is 3. The first kappa shape index (κ1) is 16.0. The van der Waals surface area contributed by atoms with Crippen molar-refractivity contribution >= 4 is 5.78 Å². The van der Waals surface area contributed by atoms with Crippen molar-refractivity contribution < 1.29 is 9.53 Å². The quantitative estimate of drug-likeness (QED) is 0.741. The summed E-state index contributed by atoms with van der Waals surface area (Å²) in [6.07, 6.45) is 0. The van der Waals surface area contributed by atoms with Gasteiger partial charge in [0.1, 0.15) is 5.75 Å². The zero-order valence-corrected chi connectivity index (χ0v) is 12.9. The van der Waals surface area contributed by atoms with Crippen LogP contribution in [0.4, 0.5) is 0 Å². The third-order valence-corrected chi connectivity index (χ3v) is 2.96. The van der Waals surface area contributed by atoms with E-state index in [9.17, 15) is 4.79 Å². The summed E-state index contributed by atoms with van der Waals surface area (Å²) in [5.74, 6) is 0.662. The van der Waals surface area contributed by atoms with Gasteiger partial charge in [-0.15, -0.1) is 0 Å². The molecule has 20 heavy (non-hydrogen) atoms. The summed E-state index contributed by atoms with van der Waals surface area (Å²) in [5.41, 5.74) is 3.83. The van der Waals surface area contributed by atoms with Gasteiger partial charge in [0, 0.05) is 5.56 Å². The molecule has 0 saturated carbocycles. The van der Waals surface area contributed by atoms with Crippen molar-refractivity contribution in [1.29, 1.82) is 0 Å². The van der Waals surface area contributed by atoms with E-state index < -0.39 is 0 Å². The minimum atomic E-state index is 0.0146. The van der Waals surface area contributed by atoms with E-state index in [4.69, 9.17) is 4.74 Å². The highest BCUT2D eigenvalue weighted by Gasteiger charge is 2.13. The summed E-state index contributed by atoms with van der Waals surface area (Å²) >= 11 is 0. The number of Topliss-reactive ketones (excluding diaryl/α,β-unsaturated/α-hetero) is 1. The number of hydrogen-bond donors (Lipinski definition) is 0. The number of methoxy groups -OCH3 is 1. The van der Waals surface area contributed by atoms with E-state index in [2.05, 4.69) is 12.1 Å². The van der Waals surface area contributed by atoms with Gasteiger partial charge in [-0.25, -0.2) is 0 Å². The lowest BCUT2D eigenvalue weighted by molar-refractivity contribution is 0.101. The fourth-order valence-corrected chi connectivity index (χ4v) is 1.99. The number of benzene rings is 2. The molecule has 0 aromatic heterocycles. The van der Waals surface area contributed by atoms with Gasteiger partial charge in [-0.1, -0.05) is 55.8 Å². The molecule has 2 aromatic carbocycles. The van der Waals surface area contributed by atoms with Crippen LogP contribution in [-0.2, 0) is 0 Å². The molecule has 0 aliphatic carbocycles. The van der Waals surface area contributed by atoms with Crippen molar-refractivity contribution in [3.8, 4) is 16.9 Å². The fourth-order valence-electron chi connectivity index (χ4n) is 1.99. The molecule has 2 aromatic rings. The first-order chi connectivity index (χ1) is 9.63. The Kier molecular flexibility index (Phi) is 5.98. The average Bonchev–Trinajstić information content (AvgIpc) is 2.49. The number of aryl methyl sites for hydroxylation is 1. The van der Waals surface area contributed by atoms with Gasteiger partial charge in [0.05, 0.1) is 12.7 Å².